The maximum Gasteiger partial charge on any atom is 0.254 e. The van der Waals surface area contributed by atoms with Crippen LogP contribution in [0.4, 0.5) is 8.78 Å². The summed E-state index contributed by atoms with van der Waals surface area (Å²) in [6.45, 7) is 0.522. The van der Waals surface area contributed by atoms with Crippen molar-refractivity contribution in [2.75, 3.05) is 6.54 Å². The van der Waals surface area contributed by atoms with E-state index in [1.54, 1.807) is 12.4 Å². The van der Waals surface area contributed by atoms with Gasteiger partial charge in [0.2, 0.25) is 5.91 Å². The highest BCUT2D eigenvalue weighted by Gasteiger charge is 2.12. The van der Waals surface area contributed by atoms with Gasteiger partial charge in [-0.05, 0) is 30.7 Å². The van der Waals surface area contributed by atoms with Crippen LogP contribution in [0, 0.1) is 11.6 Å². The summed E-state index contributed by atoms with van der Waals surface area (Å²) in [5.41, 5.74) is 1.56. The minimum Gasteiger partial charge on any atom is -0.352 e. The molecule has 0 aliphatic carbocycles. The third kappa shape index (κ3) is 5.89. The molecule has 0 bridgehead atoms. The fourth-order valence-electron chi connectivity index (χ4n) is 2.53. The SMILES string of the molecule is O=C(CCCNC(=O)c1ccc(F)cc1F)NCc1nc(-c2ccncc2)cs1. The number of carbonyl (C=O) groups is 2. The number of pyridine rings is 1. The van der Waals surface area contributed by atoms with Crippen molar-refractivity contribution in [2.45, 2.75) is 19.4 Å². The highest BCUT2D eigenvalue weighted by molar-refractivity contribution is 7.09. The summed E-state index contributed by atoms with van der Waals surface area (Å²) in [5, 5.41) is 7.99. The van der Waals surface area contributed by atoms with Crippen molar-refractivity contribution in [1.82, 2.24) is 20.6 Å². The number of rotatable bonds is 8. The summed E-state index contributed by atoms with van der Waals surface area (Å²) in [7, 11) is 0. The Balaban J connectivity index is 1.37. The van der Waals surface area contributed by atoms with E-state index in [9.17, 15) is 18.4 Å². The molecule has 2 amide bonds. The molecule has 0 radical (unpaired) electrons. The van der Waals surface area contributed by atoms with Gasteiger partial charge in [-0.3, -0.25) is 14.6 Å². The molecule has 29 heavy (non-hydrogen) atoms. The van der Waals surface area contributed by atoms with Crippen molar-refractivity contribution in [1.29, 1.82) is 0 Å². The molecule has 2 heterocycles. The number of benzene rings is 1. The maximum atomic E-state index is 13.5. The van der Waals surface area contributed by atoms with E-state index in [1.165, 1.54) is 11.3 Å². The largest absolute Gasteiger partial charge is 0.352 e. The van der Waals surface area contributed by atoms with E-state index >= 15 is 0 Å². The molecule has 0 fully saturated rings. The first-order valence-corrected chi connectivity index (χ1v) is 9.75. The van der Waals surface area contributed by atoms with E-state index in [-0.39, 0.29) is 24.4 Å². The van der Waals surface area contributed by atoms with Crippen LogP contribution in [0.15, 0.2) is 48.1 Å². The fourth-order valence-corrected chi connectivity index (χ4v) is 3.27. The lowest BCUT2D eigenvalue weighted by atomic mass is 10.2. The number of hydrogen-bond donors (Lipinski definition) is 2. The van der Waals surface area contributed by atoms with Crippen molar-refractivity contribution in [3.8, 4) is 11.3 Å². The second-order valence-electron chi connectivity index (χ2n) is 6.12. The zero-order valence-electron chi connectivity index (χ0n) is 15.3. The minimum absolute atomic E-state index is 0.173. The lowest BCUT2D eigenvalue weighted by Crippen LogP contribution is -2.28. The van der Waals surface area contributed by atoms with Crippen molar-refractivity contribution >= 4 is 23.2 Å². The predicted molar refractivity (Wildman–Crippen MR) is 105 cm³/mol. The number of hydrogen-bond acceptors (Lipinski definition) is 5. The van der Waals surface area contributed by atoms with Gasteiger partial charge in [0.15, 0.2) is 0 Å². The van der Waals surface area contributed by atoms with Gasteiger partial charge in [-0.2, -0.15) is 0 Å². The van der Waals surface area contributed by atoms with Gasteiger partial charge in [0, 0.05) is 42.4 Å². The minimum atomic E-state index is -0.921. The second-order valence-corrected chi connectivity index (χ2v) is 7.07. The lowest BCUT2D eigenvalue weighted by molar-refractivity contribution is -0.121. The topological polar surface area (TPSA) is 84.0 Å². The first-order chi connectivity index (χ1) is 14.0. The van der Waals surface area contributed by atoms with E-state index in [2.05, 4.69) is 20.6 Å². The fraction of sp³-hybridized carbons (Fsp3) is 0.200. The summed E-state index contributed by atoms with van der Waals surface area (Å²) in [4.78, 5) is 32.3. The van der Waals surface area contributed by atoms with Crippen LogP contribution in [0.25, 0.3) is 11.3 Å². The summed E-state index contributed by atoms with van der Waals surface area (Å²) in [5.74, 6) is -2.49. The second kappa shape index (κ2) is 9.83. The van der Waals surface area contributed by atoms with Crippen molar-refractivity contribution in [3.63, 3.8) is 0 Å². The Morgan fingerprint density at radius 3 is 2.62 bits per heavy atom. The van der Waals surface area contributed by atoms with Gasteiger partial charge >= 0.3 is 0 Å². The van der Waals surface area contributed by atoms with Gasteiger partial charge in [0.05, 0.1) is 17.8 Å². The van der Waals surface area contributed by atoms with Crippen molar-refractivity contribution in [3.05, 3.63) is 70.3 Å². The molecule has 6 nitrogen and oxygen atoms in total. The zero-order valence-corrected chi connectivity index (χ0v) is 16.1. The van der Waals surface area contributed by atoms with Gasteiger partial charge in [-0.25, -0.2) is 13.8 Å². The predicted octanol–water partition coefficient (Wildman–Crippen LogP) is 3.31. The molecule has 150 valence electrons. The Hall–Kier alpha value is -3.20. The average molecular weight is 416 g/mol. The summed E-state index contributed by atoms with van der Waals surface area (Å²) >= 11 is 1.45. The summed E-state index contributed by atoms with van der Waals surface area (Å²) in [6, 6.07) is 6.49. The average Bonchev–Trinajstić information content (AvgIpc) is 3.19. The maximum absolute atomic E-state index is 13.5. The first-order valence-electron chi connectivity index (χ1n) is 8.87. The van der Waals surface area contributed by atoms with E-state index < -0.39 is 17.5 Å². The Kier molecular flexibility index (Phi) is 6.96. The van der Waals surface area contributed by atoms with E-state index in [1.807, 2.05) is 17.5 Å². The Labute approximate surface area is 170 Å². The smallest absolute Gasteiger partial charge is 0.254 e. The molecule has 3 aromatic rings. The standard InChI is InChI=1S/C20H18F2N4O2S/c21-14-3-4-15(16(22)10-14)20(28)24-7-1-2-18(27)25-11-19-26-17(12-29-19)13-5-8-23-9-6-13/h3-6,8-10,12H,1-2,7,11H2,(H,24,28)(H,25,27). The number of nitrogens with one attached hydrogen (secondary N) is 2. The molecule has 2 aromatic heterocycles. The summed E-state index contributed by atoms with van der Waals surface area (Å²) < 4.78 is 26.4. The third-order valence-corrected chi connectivity index (χ3v) is 4.86. The molecule has 0 spiro atoms. The molecule has 0 aliphatic heterocycles. The molecule has 0 aliphatic rings. The Morgan fingerprint density at radius 2 is 1.86 bits per heavy atom. The highest BCUT2D eigenvalue weighted by atomic mass is 32.1. The van der Waals surface area contributed by atoms with Gasteiger partial charge in [0.25, 0.3) is 5.91 Å². The molecule has 0 atom stereocenters. The van der Waals surface area contributed by atoms with E-state index in [0.29, 0.717) is 19.0 Å². The molecular weight excluding hydrogens is 398 g/mol. The lowest BCUT2D eigenvalue weighted by Gasteiger charge is -2.06. The normalized spacial score (nSPS) is 10.6. The molecule has 0 saturated carbocycles. The zero-order chi connectivity index (χ0) is 20.6. The number of amides is 2. The molecule has 0 saturated heterocycles. The van der Waals surface area contributed by atoms with Crippen LogP contribution in [0.3, 0.4) is 0 Å². The third-order valence-electron chi connectivity index (χ3n) is 4.01. The van der Waals surface area contributed by atoms with Crippen LogP contribution >= 0.6 is 11.3 Å². The number of halogens is 2. The number of carbonyl (C=O) groups excluding carboxylic acids is 2. The van der Waals surface area contributed by atoms with Crippen LogP contribution in [-0.2, 0) is 11.3 Å². The number of nitrogens with zero attached hydrogens (tertiary/aromatic N) is 2. The van der Waals surface area contributed by atoms with Crippen LogP contribution < -0.4 is 10.6 Å². The summed E-state index contributed by atoms with van der Waals surface area (Å²) in [6.07, 6.45) is 3.98. The van der Waals surface area contributed by atoms with Gasteiger partial charge in [-0.1, -0.05) is 0 Å². The molecule has 2 N–H and O–H groups in total. The van der Waals surface area contributed by atoms with Gasteiger partial charge in [0.1, 0.15) is 16.6 Å². The van der Waals surface area contributed by atoms with E-state index in [0.717, 1.165) is 28.4 Å². The molecule has 1 aromatic carbocycles. The quantitative estimate of drug-likeness (QED) is 0.552. The number of thiazole rings is 1. The van der Waals surface area contributed by atoms with Crippen molar-refractivity contribution < 1.29 is 18.4 Å². The van der Waals surface area contributed by atoms with Crippen LogP contribution in [-0.4, -0.2) is 28.3 Å². The molecule has 3 rings (SSSR count). The van der Waals surface area contributed by atoms with E-state index in [4.69, 9.17) is 0 Å². The van der Waals surface area contributed by atoms with Crippen LogP contribution in [0.5, 0.6) is 0 Å². The molecule has 9 heteroatoms. The van der Waals surface area contributed by atoms with Crippen LogP contribution in [0.1, 0.15) is 28.2 Å². The Morgan fingerprint density at radius 1 is 1.07 bits per heavy atom. The van der Waals surface area contributed by atoms with Crippen LogP contribution in [0.2, 0.25) is 0 Å². The monoisotopic (exact) mass is 416 g/mol. The number of aromatic nitrogens is 2. The first kappa shape index (κ1) is 20.5. The molecule has 0 unspecified atom stereocenters. The Bertz CT molecular complexity index is 995. The van der Waals surface area contributed by atoms with Crippen molar-refractivity contribution in [2.24, 2.45) is 0 Å². The molecular formula is C20H18F2N4O2S. The van der Waals surface area contributed by atoms with Gasteiger partial charge < -0.3 is 10.6 Å². The van der Waals surface area contributed by atoms with Gasteiger partial charge in [-0.15, -0.1) is 11.3 Å². The highest BCUT2D eigenvalue weighted by Crippen LogP contribution is 2.20.